The van der Waals surface area contributed by atoms with Gasteiger partial charge in [0.2, 0.25) is 0 Å². The molecule has 1 heterocycles. The summed E-state index contributed by atoms with van der Waals surface area (Å²) in [5, 5.41) is 0. The minimum absolute atomic E-state index is 0.244. The quantitative estimate of drug-likeness (QED) is 0.719. The number of rotatable bonds is 6. The number of nitrogens with zero attached hydrogens (tertiary/aromatic N) is 1. The number of hydrogen-bond acceptors (Lipinski definition) is 6. The van der Waals surface area contributed by atoms with Gasteiger partial charge in [0.25, 0.3) is 5.91 Å². The zero-order chi connectivity index (χ0) is 18.4. The zero-order valence-corrected chi connectivity index (χ0v) is 15.2. The van der Waals surface area contributed by atoms with Crippen molar-refractivity contribution in [3.63, 3.8) is 0 Å². The highest BCUT2D eigenvalue weighted by molar-refractivity contribution is 7.16. The summed E-state index contributed by atoms with van der Waals surface area (Å²) >= 11 is 7.24. The van der Waals surface area contributed by atoms with Gasteiger partial charge in [0.15, 0.2) is 6.61 Å². The van der Waals surface area contributed by atoms with Crippen molar-refractivity contribution >= 4 is 40.8 Å². The van der Waals surface area contributed by atoms with Crippen LogP contribution >= 0.6 is 22.9 Å². The van der Waals surface area contributed by atoms with Crippen LogP contribution in [0.5, 0.6) is 0 Å². The van der Waals surface area contributed by atoms with Crippen LogP contribution in [0.4, 0.5) is 0 Å². The van der Waals surface area contributed by atoms with Gasteiger partial charge in [-0.1, -0.05) is 11.6 Å². The number of likely N-dealkylation sites (N-methyl/N-ethyl adjacent to an activating group) is 1. The van der Waals surface area contributed by atoms with E-state index in [0.29, 0.717) is 16.4 Å². The first kappa shape index (κ1) is 19.0. The molecule has 0 aliphatic carbocycles. The number of benzene rings is 1. The van der Waals surface area contributed by atoms with E-state index in [1.54, 1.807) is 13.1 Å². The maximum atomic E-state index is 12.0. The molecule has 25 heavy (non-hydrogen) atoms. The first-order valence-corrected chi connectivity index (χ1v) is 8.44. The van der Waals surface area contributed by atoms with Crippen molar-refractivity contribution in [2.75, 3.05) is 20.8 Å². The molecule has 1 amide bonds. The minimum Gasteiger partial charge on any atom is -0.465 e. The third-order valence-corrected chi connectivity index (χ3v) is 4.53. The molecule has 2 rings (SSSR count). The number of hydrogen-bond donors (Lipinski definition) is 0. The third kappa shape index (κ3) is 5.30. The normalized spacial score (nSPS) is 10.2. The van der Waals surface area contributed by atoms with E-state index in [9.17, 15) is 14.4 Å². The first-order chi connectivity index (χ1) is 11.9. The van der Waals surface area contributed by atoms with Gasteiger partial charge in [-0.2, -0.15) is 0 Å². The van der Waals surface area contributed by atoms with Gasteiger partial charge in [-0.3, -0.25) is 4.79 Å². The van der Waals surface area contributed by atoms with Crippen molar-refractivity contribution in [3.05, 3.63) is 56.7 Å². The molecule has 0 aliphatic rings. The van der Waals surface area contributed by atoms with Crippen LogP contribution in [-0.4, -0.2) is 43.5 Å². The number of amides is 1. The fourth-order valence-corrected chi connectivity index (χ4v) is 3.08. The highest BCUT2D eigenvalue weighted by Crippen LogP contribution is 2.22. The smallest absolute Gasteiger partial charge is 0.338 e. The van der Waals surface area contributed by atoms with Crippen LogP contribution in [0.25, 0.3) is 0 Å². The summed E-state index contributed by atoms with van der Waals surface area (Å²) in [6.45, 7) is 0.0226. The Morgan fingerprint density at radius 2 is 1.64 bits per heavy atom. The third-order valence-electron chi connectivity index (χ3n) is 3.32. The van der Waals surface area contributed by atoms with E-state index in [1.165, 1.54) is 47.6 Å². The predicted octanol–water partition coefficient (Wildman–Crippen LogP) is 3.00. The average Bonchev–Trinajstić information content (AvgIpc) is 3.03. The molecule has 132 valence electrons. The van der Waals surface area contributed by atoms with Crippen LogP contribution in [0.3, 0.4) is 0 Å². The molecule has 0 aliphatic heterocycles. The van der Waals surface area contributed by atoms with Gasteiger partial charge in [0.1, 0.15) is 0 Å². The van der Waals surface area contributed by atoms with Gasteiger partial charge < -0.3 is 14.4 Å². The topological polar surface area (TPSA) is 72.9 Å². The summed E-state index contributed by atoms with van der Waals surface area (Å²) < 4.78 is 10.2. The van der Waals surface area contributed by atoms with Crippen LogP contribution in [-0.2, 0) is 20.8 Å². The van der Waals surface area contributed by atoms with E-state index in [1.807, 2.05) is 6.07 Å². The zero-order valence-electron chi connectivity index (χ0n) is 13.7. The Hall–Kier alpha value is -2.38. The summed E-state index contributed by atoms with van der Waals surface area (Å²) in [5.41, 5.74) is 0.567. The molecule has 8 heteroatoms. The molecule has 0 unspecified atom stereocenters. The van der Waals surface area contributed by atoms with Crippen molar-refractivity contribution in [1.82, 2.24) is 4.90 Å². The number of halogens is 1. The summed E-state index contributed by atoms with van der Waals surface area (Å²) in [4.78, 5) is 37.7. The highest BCUT2D eigenvalue weighted by Gasteiger charge is 2.15. The molecule has 0 saturated heterocycles. The molecule has 0 atom stereocenters. The Balaban J connectivity index is 1.86. The number of thiophene rings is 1. The predicted molar refractivity (Wildman–Crippen MR) is 93.9 cm³/mol. The Labute approximate surface area is 153 Å². The van der Waals surface area contributed by atoms with Gasteiger partial charge in [-0.25, -0.2) is 9.59 Å². The molecule has 0 radical (unpaired) electrons. The van der Waals surface area contributed by atoms with Gasteiger partial charge in [0.05, 0.1) is 29.1 Å². The highest BCUT2D eigenvalue weighted by atomic mass is 35.5. The summed E-state index contributed by atoms with van der Waals surface area (Å²) in [7, 11) is 2.89. The number of methoxy groups -OCH3 is 1. The monoisotopic (exact) mass is 381 g/mol. The molecule has 0 N–H and O–H groups in total. The van der Waals surface area contributed by atoms with E-state index in [0.717, 1.165) is 4.88 Å². The Morgan fingerprint density at radius 1 is 1.04 bits per heavy atom. The number of carbonyl (C=O) groups excluding carboxylic acids is 3. The van der Waals surface area contributed by atoms with Crippen LogP contribution < -0.4 is 0 Å². The van der Waals surface area contributed by atoms with E-state index < -0.39 is 11.9 Å². The molecule has 0 fully saturated rings. The lowest BCUT2D eigenvalue weighted by Crippen LogP contribution is -2.30. The van der Waals surface area contributed by atoms with Gasteiger partial charge in [-0.15, -0.1) is 11.3 Å². The second-order valence-electron chi connectivity index (χ2n) is 5.10. The maximum absolute atomic E-state index is 12.0. The van der Waals surface area contributed by atoms with Gasteiger partial charge in [0, 0.05) is 11.9 Å². The Kier molecular flexibility index (Phi) is 6.55. The van der Waals surface area contributed by atoms with Gasteiger partial charge >= 0.3 is 11.9 Å². The van der Waals surface area contributed by atoms with Crippen LogP contribution in [0.2, 0.25) is 4.34 Å². The van der Waals surface area contributed by atoms with Crippen molar-refractivity contribution in [2.45, 2.75) is 6.54 Å². The van der Waals surface area contributed by atoms with E-state index >= 15 is 0 Å². The standard InChI is InChI=1S/C17H16ClNO5S/c1-19(9-13-7-8-14(18)25-13)15(20)10-24-17(22)12-5-3-11(4-6-12)16(21)23-2/h3-8H,9-10H2,1-2H3. The number of esters is 2. The molecule has 0 saturated carbocycles. The van der Waals surface area contributed by atoms with E-state index in [4.69, 9.17) is 16.3 Å². The Morgan fingerprint density at radius 3 is 2.16 bits per heavy atom. The summed E-state index contributed by atoms with van der Waals surface area (Å²) in [6, 6.07) is 9.39. The van der Waals surface area contributed by atoms with Crippen LogP contribution in [0.15, 0.2) is 36.4 Å². The molecule has 1 aromatic heterocycles. The average molecular weight is 382 g/mol. The van der Waals surface area contributed by atoms with Crippen molar-refractivity contribution < 1.29 is 23.9 Å². The lowest BCUT2D eigenvalue weighted by molar-refractivity contribution is -0.133. The van der Waals surface area contributed by atoms with Crippen LogP contribution in [0, 0.1) is 0 Å². The number of ether oxygens (including phenoxy) is 2. The van der Waals surface area contributed by atoms with Crippen molar-refractivity contribution in [2.24, 2.45) is 0 Å². The van der Waals surface area contributed by atoms with Crippen LogP contribution in [0.1, 0.15) is 25.6 Å². The molecular formula is C17H16ClNO5S. The SMILES string of the molecule is COC(=O)c1ccc(C(=O)OCC(=O)N(C)Cc2ccc(Cl)s2)cc1. The van der Waals surface area contributed by atoms with E-state index in [2.05, 4.69) is 4.74 Å². The molecule has 0 spiro atoms. The summed E-state index contributed by atoms with van der Waals surface area (Å²) in [5.74, 6) is -1.47. The lowest BCUT2D eigenvalue weighted by Gasteiger charge is -2.16. The first-order valence-electron chi connectivity index (χ1n) is 7.24. The van der Waals surface area contributed by atoms with Crippen molar-refractivity contribution in [1.29, 1.82) is 0 Å². The van der Waals surface area contributed by atoms with Crippen molar-refractivity contribution in [3.8, 4) is 0 Å². The van der Waals surface area contributed by atoms with E-state index in [-0.39, 0.29) is 18.1 Å². The largest absolute Gasteiger partial charge is 0.465 e. The second kappa shape index (κ2) is 8.64. The van der Waals surface area contributed by atoms with Gasteiger partial charge in [-0.05, 0) is 36.4 Å². The number of carbonyl (C=O) groups is 3. The minimum atomic E-state index is -0.641. The molecular weight excluding hydrogens is 366 g/mol. The fraction of sp³-hybridized carbons (Fsp3) is 0.235. The Bertz CT molecular complexity index is 772. The summed E-state index contributed by atoms with van der Waals surface area (Å²) in [6.07, 6.45) is 0. The second-order valence-corrected chi connectivity index (χ2v) is 6.90. The lowest BCUT2D eigenvalue weighted by atomic mass is 10.1. The molecule has 2 aromatic rings. The molecule has 6 nitrogen and oxygen atoms in total. The maximum Gasteiger partial charge on any atom is 0.338 e. The molecule has 0 bridgehead atoms. The molecule has 1 aromatic carbocycles. The fourth-order valence-electron chi connectivity index (χ4n) is 1.94.